The van der Waals surface area contributed by atoms with E-state index in [1.165, 1.54) is 6.33 Å². The summed E-state index contributed by atoms with van der Waals surface area (Å²) in [7, 11) is 0. The molecule has 2 N–H and O–H groups in total. The molecule has 2 atom stereocenters. The molecule has 8 heteroatoms. The van der Waals surface area contributed by atoms with Crippen LogP contribution in [0.3, 0.4) is 0 Å². The molecule has 3 rings (SSSR count). The van der Waals surface area contributed by atoms with E-state index < -0.39 is 0 Å². The van der Waals surface area contributed by atoms with E-state index in [1.54, 1.807) is 6.33 Å². The van der Waals surface area contributed by atoms with Crippen molar-refractivity contribution in [3.8, 4) is 0 Å². The van der Waals surface area contributed by atoms with E-state index in [2.05, 4.69) is 27.9 Å². The molecule has 7 nitrogen and oxygen atoms in total. The van der Waals surface area contributed by atoms with Crippen molar-refractivity contribution in [1.29, 1.82) is 0 Å². The van der Waals surface area contributed by atoms with E-state index in [0.29, 0.717) is 23.6 Å². The topological polar surface area (TPSA) is 88.1 Å². The van der Waals surface area contributed by atoms with Gasteiger partial charge in [-0.3, -0.25) is 4.57 Å². The van der Waals surface area contributed by atoms with E-state index >= 15 is 0 Å². The first-order valence-electron chi connectivity index (χ1n) is 5.64. The van der Waals surface area contributed by atoms with Gasteiger partial charge in [0, 0.05) is 0 Å². The third-order valence-corrected chi connectivity index (χ3v) is 3.19. The zero-order valence-corrected chi connectivity index (χ0v) is 10.5. The first-order chi connectivity index (χ1) is 8.79. The van der Waals surface area contributed by atoms with Crippen LogP contribution in [0.1, 0.15) is 19.1 Å². The summed E-state index contributed by atoms with van der Waals surface area (Å²) < 4.78 is 12.5. The van der Waals surface area contributed by atoms with Crippen molar-refractivity contribution in [3.63, 3.8) is 0 Å². The van der Waals surface area contributed by atoms with Crippen molar-refractivity contribution in [2.45, 2.75) is 25.2 Å². The van der Waals surface area contributed by atoms with Crippen molar-refractivity contribution in [2.75, 3.05) is 12.3 Å². The lowest BCUT2D eigenvalue weighted by atomic mass is 10.2. The average molecular weight is 267 g/mol. The third-order valence-electron chi connectivity index (χ3n) is 3.04. The normalized spacial score (nSPS) is 23.8. The standard InChI is InChI=1S/C10H13N5O2S/c11-9-8-10(13-4-12-9)15(5-14-8)7-2-1-6(17-7)3-16-18/h4-7,18H,1-3H2,(H2,11,12,13)/t6-,7+/m0/s1. The lowest BCUT2D eigenvalue weighted by Crippen LogP contribution is -2.14. The Balaban J connectivity index is 1.89. The fraction of sp³-hybridized carbons (Fsp3) is 0.500. The minimum absolute atomic E-state index is 0.0594. The van der Waals surface area contributed by atoms with Gasteiger partial charge in [0.2, 0.25) is 0 Å². The molecular weight excluding hydrogens is 254 g/mol. The molecule has 1 fully saturated rings. The first-order valence-corrected chi connectivity index (χ1v) is 6.01. The summed E-state index contributed by atoms with van der Waals surface area (Å²) >= 11 is 3.74. The van der Waals surface area contributed by atoms with Crippen LogP contribution < -0.4 is 5.73 Å². The quantitative estimate of drug-likeness (QED) is 0.636. The van der Waals surface area contributed by atoms with Gasteiger partial charge in [0.25, 0.3) is 0 Å². The molecule has 2 aromatic rings. The Kier molecular flexibility index (Phi) is 3.06. The van der Waals surface area contributed by atoms with Crippen LogP contribution in [0, 0.1) is 0 Å². The zero-order chi connectivity index (χ0) is 12.5. The van der Waals surface area contributed by atoms with Gasteiger partial charge >= 0.3 is 0 Å². The maximum absolute atomic E-state index is 5.84. The number of thiol groups is 1. The predicted octanol–water partition coefficient (Wildman–Crippen LogP) is 0.947. The van der Waals surface area contributed by atoms with E-state index in [9.17, 15) is 0 Å². The molecule has 2 aromatic heterocycles. The second kappa shape index (κ2) is 4.71. The van der Waals surface area contributed by atoms with Crippen molar-refractivity contribution in [3.05, 3.63) is 12.7 Å². The number of hydrogen-bond acceptors (Lipinski definition) is 7. The van der Waals surface area contributed by atoms with Gasteiger partial charge in [-0.25, -0.2) is 15.0 Å². The molecule has 96 valence electrons. The van der Waals surface area contributed by atoms with Crippen LogP contribution >= 0.6 is 12.9 Å². The zero-order valence-electron chi connectivity index (χ0n) is 9.56. The molecule has 18 heavy (non-hydrogen) atoms. The van der Waals surface area contributed by atoms with E-state index in [1.807, 2.05) is 4.57 Å². The Morgan fingerprint density at radius 2 is 2.33 bits per heavy atom. The molecule has 3 heterocycles. The molecule has 1 aliphatic heterocycles. The molecule has 0 saturated carbocycles. The Bertz CT molecular complexity index is 560. The molecular formula is C10H13N5O2S. The highest BCUT2D eigenvalue weighted by Crippen LogP contribution is 2.31. The van der Waals surface area contributed by atoms with Crippen molar-refractivity contribution >= 4 is 29.9 Å². The van der Waals surface area contributed by atoms with Crippen molar-refractivity contribution in [2.24, 2.45) is 0 Å². The molecule has 0 amide bonds. The first kappa shape index (κ1) is 11.7. The highest BCUT2D eigenvalue weighted by molar-refractivity contribution is 7.75. The minimum atomic E-state index is -0.0854. The van der Waals surface area contributed by atoms with E-state index in [4.69, 9.17) is 14.7 Å². The number of ether oxygens (including phenoxy) is 1. The van der Waals surface area contributed by atoms with Crippen molar-refractivity contribution in [1.82, 2.24) is 19.5 Å². The van der Waals surface area contributed by atoms with Gasteiger partial charge < -0.3 is 14.7 Å². The summed E-state index contributed by atoms with van der Waals surface area (Å²) in [5.74, 6) is 0.381. The number of aromatic nitrogens is 4. The lowest BCUT2D eigenvalue weighted by Gasteiger charge is -2.14. The molecule has 0 aromatic carbocycles. The van der Waals surface area contributed by atoms with Crippen LogP contribution in [-0.2, 0) is 8.92 Å². The van der Waals surface area contributed by atoms with Crippen molar-refractivity contribution < 1.29 is 8.92 Å². The van der Waals surface area contributed by atoms with Gasteiger partial charge in [-0.05, 0) is 25.8 Å². The van der Waals surface area contributed by atoms with Gasteiger partial charge in [0.05, 0.1) is 19.0 Å². The average Bonchev–Trinajstić information content (AvgIpc) is 2.96. The number of anilines is 1. The number of fused-ring (bicyclic) bond motifs is 1. The summed E-state index contributed by atoms with van der Waals surface area (Å²) in [6.07, 6.45) is 4.90. The van der Waals surface area contributed by atoms with Crippen LogP contribution in [0.15, 0.2) is 12.7 Å². The molecule has 0 aliphatic carbocycles. The summed E-state index contributed by atoms with van der Waals surface area (Å²) in [4.78, 5) is 12.3. The number of rotatable bonds is 3. The highest BCUT2D eigenvalue weighted by atomic mass is 32.1. The Morgan fingerprint density at radius 1 is 1.44 bits per heavy atom. The predicted molar refractivity (Wildman–Crippen MR) is 67.8 cm³/mol. The molecule has 1 aliphatic rings. The second-order valence-electron chi connectivity index (χ2n) is 4.17. The Labute approximate surface area is 109 Å². The molecule has 0 unspecified atom stereocenters. The Hall–Kier alpha value is -1.38. The van der Waals surface area contributed by atoms with E-state index in [0.717, 1.165) is 12.8 Å². The fourth-order valence-electron chi connectivity index (χ4n) is 2.18. The molecule has 0 radical (unpaired) electrons. The minimum Gasteiger partial charge on any atom is -0.382 e. The number of nitrogens with zero attached hydrogens (tertiary/aromatic N) is 4. The van der Waals surface area contributed by atoms with Crippen LogP contribution in [0.5, 0.6) is 0 Å². The molecule has 0 spiro atoms. The number of nitrogen functional groups attached to an aromatic ring is 1. The lowest BCUT2D eigenvalue weighted by molar-refractivity contribution is -0.0124. The van der Waals surface area contributed by atoms with Gasteiger partial charge in [0.1, 0.15) is 18.1 Å². The summed E-state index contributed by atoms with van der Waals surface area (Å²) in [6.45, 7) is 0.476. The van der Waals surface area contributed by atoms with Gasteiger partial charge in [-0.15, -0.1) is 0 Å². The van der Waals surface area contributed by atoms with Crippen LogP contribution in [0.25, 0.3) is 11.2 Å². The number of hydrogen-bond donors (Lipinski definition) is 2. The second-order valence-corrected chi connectivity index (χ2v) is 4.43. The molecule has 1 saturated heterocycles. The summed E-state index contributed by atoms with van der Waals surface area (Å²) in [5.41, 5.74) is 7.05. The van der Waals surface area contributed by atoms with Crippen LogP contribution in [-0.4, -0.2) is 32.2 Å². The van der Waals surface area contributed by atoms with Gasteiger partial charge in [-0.1, -0.05) is 0 Å². The monoisotopic (exact) mass is 267 g/mol. The summed E-state index contributed by atoms with van der Waals surface area (Å²) in [6, 6.07) is 0. The fourth-order valence-corrected chi connectivity index (χ4v) is 2.34. The largest absolute Gasteiger partial charge is 0.382 e. The van der Waals surface area contributed by atoms with Crippen LogP contribution in [0.2, 0.25) is 0 Å². The SMILES string of the molecule is Nc1ncnc2c1ncn2[C@H]1CC[C@@H](COS)O1. The maximum atomic E-state index is 5.84. The van der Waals surface area contributed by atoms with Gasteiger partial charge in [0.15, 0.2) is 11.5 Å². The summed E-state index contributed by atoms with van der Waals surface area (Å²) in [5, 5.41) is 0. The van der Waals surface area contributed by atoms with E-state index in [-0.39, 0.29) is 12.3 Å². The smallest absolute Gasteiger partial charge is 0.167 e. The number of nitrogens with two attached hydrogens (primary N) is 1. The Morgan fingerprint density at radius 3 is 3.17 bits per heavy atom. The van der Waals surface area contributed by atoms with Gasteiger partial charge in [-0.2, -0.15) is 0 Å². The highest BCUT2D eigenvalue weighted by Gasteiger charge is 2.28. The third kappa shape index (κ3) is 1.92. The number of imidazole rings is 1. The molecule has 0 bridgehead atoms. The maximum Gasteiger partial charge on any atom is 0.167 e. The van der Waals surface area contributed by atoms with Crippen LogP contribution in [0.4, 0.5) is 5.82 Å².